The fourth-order valence-corrected chi connectivity index (χ4v) is 1.79. The van der Waals surface area contributed by atoms with Crippen molar-refractivity contribution in [3.05, 3.63) is 27.5 Å². The maximum Gasteiger partial charge on any atom is 0.421 e. The van der Waals surface area contributed by atoms with Gasteiger partial charge in [0.1, 0.15) is 17.8 Å². The van der Waals surface area contributed by atoms with Crippen molar-refractivity contribution in [2.75, 3.05) is 18.5 Å². The van der Waals surface area contributed by atoms with Gasteiger partial charge in [-0.25, -0.2) is 0 Å². The van der Waals surface area contributed by atoms with Gasteiger partial charge in [-0.2, -0.15) is 13.2 Å². The van der Waals surface area contributed by atoms with Crippen molar-refractivity contribution < 1.29 is 27.5 Å². The van der Waals surface area contributed by atoms with Gasteiger partial charge in [0.05, 0.1) is 12.2 Å². The summed E-state index contributed by atoms with van der Waals surface area (Å²) in [5, 5.41) is 2.67. The third-order valence-electron chi connectivity index (χ3n) is 2.81. The first kappa shape index (κ1) is 18.7. The first-order valence-electron chi connectivity index (χ1n) is 6.97. The second-order valence-corrected chi connectivity index (χ2v) is 4.63. The summed E-state index contributed by atoms with van der Waals surface area (Å²) >= 11 is 0. The monoisotopic (exact) mass is 334 g/mol. The zero-order valence-electron chi connectivity index (χ0n) is 12.7. The van der Waals surface area contributed by atoms with Gasteiger partial charge < -0.3 is 15.0 Å². The minimum absolute atomic E-state index is 0.0481. The van der Waals surface area contributed by atoms with E-state index in [1.807, 2.05) is 4.98 Å². The van der Waals surface area contributed by atoms with E-state index in [4.69, 9.17) is 0 Å². The molecule has 0 aliphatic carbocycles. The largest absolute Gasteiger partial charge is 0.466 e. The number of ether oxygens (including phenoxy) is 1. The summed E-state index contributed by atoms with van der Waals surface area (Å²) in [4.78, 5) is 37.0. The molecule has 0 radical (unpaired) electrons. The van der Waals surface area contributed by atoms with Crippen LogP contribution in [0.25, 0.3) is 0 Å². The lowest BCUT2D eigenvalue weighted by Crippen LogP contribution is -2.25. The molecule has 23 heavy (non-hydrogen) atoms. The zero-order valence-corrected chi connectivity index (χ0v) is 12.7. The lowest BCUT2D eigenvalue weighted by atomic mass is 10.1. The van der Waals surface area contributed by atoms with Crippen LogP contribution < -0.4 is 10.9 Å². The number of halogens is 3. The molecule has 0 aliphatic heterocycles. The molecule has 0 aliphatic rings. The highest BCUT2D eigenvalue weighted by atomic mass is 19.4. The van der Waals surface area contributed by atoms with Crippen LogP contribution in [0, 0.1) is 0 Å². The minimum atomic E-state index is -4.91. The number of hydrogen-bond donors (Lipinski definition) is 2. The van der Waals surface area contributed by atoms with E-state index in [1.54, 1.807) is 13.8 Å². The predicted molar refractivity (Wildman–Crippen MR) is 76.4 cm³/mol. The third kappa shape index (κ3) is 5.11. The molecule has 1 heterocycles. The molecule has 128 valence electrons. The molecule has 0 amide bonds. The Morgan fingerprint density at radius 1 is 1.30 bits per heavy atom. The number of anilines is 1. The van der Waals surface area contributed by atoms with Crippen molar-refractivity contribution in [2.24, 2.45) is 0 Å². The Kier molecular flexibility index (Phi) is 6.35. The fourth-order valence-electron chi connectivity index (χ4n) is 1.79. The van der Waals surface area contributed by atoms with E-state index in [9.17, 15) is 27.6 Å². The van der Waals surface area contributed by atoms with Crippen molar-refractivity contribution in [1.29, 1.82) is 0 Å². The molecule has 0 fully saturated rings. The summed E-state index contributed by atoms with van der Waals surface area (Å²) in [7, 11) is 0. The fraction of sp³-hybridized carbons (Fsp3) is 0.500. The molecule has 1 rings (SSSR count). The number of carbonyl (C=O) groups excluding carboxylic acids is 2. The molecule has 0 spiro atoms. The smallest absolute Gasteiger partial charge is 0.421 e. The van der Waals surface area contributed by atoms with Crippen molar-refractivity contribution in [2.45, 2.75) is 32.9 Å². The molecular formula is C14H17F3N2O4. The van der Waals surface area contributed by atoms with Gasteiger partial charge in [-0.1, -0.05) is 6.92 Å². The molecule has 0 saturated heterocycles. The summed E-state index contributed by atoms with van der Waals surface area (Å²) in [5.41, 5.74) is -3.26. The second-order valence-electron chi connectivity index (χ2n) is 4.63. The number of hydrogen-bond acceptors (Lipinski definition) is 5. The van der Waals surface area contributed by atoms with Gasteiger partial charge in [0.25, 0.3) is 5.56 Å². The lowest BCUT2D eigenvalue weighted by molar-refractivity contribution is -0.142. The predicted octanol–water partition coefficient (Wildman–Crippen LogP) is 2.35. The van der Waals surface area contributed by atoms with Gasteiger partial charge in [-0.05, 0) is 19.4 Å². The number of H-pyrrole nitrogens is 1. The molecule has 2 N–H and O–H groups in total. The first-order chi connectivity index (χ1) is 10.7. The summed E-state index contributed by atoms with van der Waals surface area (Å²) < 4.78 is 43.0. The minimum Gasteiger partial charge on any atom is -0.466 e. The van der Waals surface area contributed by atoms with E-state index in [-0.39, 0.29) is 12.4 Å². The molecule has 1 aromatic rings. The molecule has 0 saturated carbocycles. The van der Waals surface area contributed by atoms with Crippen LogP contribution in [0.3, 0.4) is 0 Å². The summed E-state index contributed by atoms with van der Waals surface area (Å²) in [6, 6.07) is 0.457. The number of carbonyl (C=O) groups is 2. The average Bonchev–Trinajstić information content (AvgIpc) is 2.43. The molecule has 0 aromatic carbocycles. The maximum absolute atomic E-state index is 12.8. The Balaban J connectivity index is 3.26. The lowest BCUT2D eigenvalue weighted by Gasteiger charge is -2.13. The highest BCUT2D eigenvalue weighted by Gasteiger charge is 2.35. The number of aromatic amines is 1. The summed E-state index contributed by atoms with van der Waals surface area (Å²) in [6.45, 7) is 3.72. The number of pyridine rings is 1. The van der Waals surface area contributed by atoms with Crippen LogP contribution in [0.2, 0.25) is 0 Å². The number of aromatic nitrogens is 1. The standard InChI is InChI=1S/C14H17F3N2O4/c1-3-5-18-12-8(10(20)7-11(21)23-4-2)6-9(13(22)19-12)14(15,16)17/h6H,3-5,7H2,1-2H3,(H2,18,19,22). The topological polar surface area (TPSA) is 88.3 Å². The average molecular weight is 334 g/mol. The SMILES string of the molecule is CCCNc1[nH]c(=O)c(C(F)(F)F)cc1C(=O)CC(=O)OCC. The van der Waals surface area contributed by atoms with Crippen molar-refractivity contribution in [1.82, 2.24) is 4.98 Å². The second kappa shape index (κ2) is 7.80. The molecule has 1 aromatic heterocycles. The van der Waals surface area contributed by atoms with Gasteiger partial charge in [0.15, 0.2) is 5.78 Å². The van der Waals surface area contributed by atoms with Crippen LogP contribution in [0.15, 0.2) is 10.9 Å². The van der Waals surface area contributed by atoms with Crippen molar-refractivity contribution in [3.63, 3.8) is 0 Å². The van der Waals surface area contributed by atoms with Crippen LogP contribution in [0.4, 0.5) is 19.0 Å². The number of nitrogens with one attached hydrogen (secondary N) is 2. The van der Waals surface area contributed by atoms with Gasteiger partial charge in [-0.3, -0.25) is 14.4 Å². The molecule has 0 unspecified atom stereocenters. The molecule has 0 atom stereocenters. The van der Waals surface area contributed by atoms with Crippen LogP contribution in [-0.4, -0.2) is 29.9 Å². The number of rotatable bonds is 7. The van der Waals surface area contributed by atoms with Crippen LogP contribution in [-0.2, 0) is 15.7 Å². The van der Waals surface area contributed by atoms with E-state index >= 15 is 0 Å². The van der Waals surface area contributed by atoms with E-state index in [2.05, 4.69) is 10.1 Å². The quantitative estimate of drug-likeness (QED) is 0.454. The molecule has 9 heteroatoms. The van der Waals surface area contributed by atoms with Crippen LogP contribution >= 0.6 is 0 Å². The number of esters is 1. The van der Waals surface area contributed by atoms with Crippen LogP contribution in [0.5, 0.6) is 0 Å². The Morgan fingerprint density at radius 2 is 1.96 bits per heavy atom. The first-order valence-corrected chi connectivity index (χ1v) is 6.97. The Hall–Kier alpha value is -2.32. The Labute approximate surface area is 130 Å². The highest BCUT2D eigenvalue weighted by molar-refractivity contribution is 6.08. The highest BCUT2D eigenvalue weighted by Crippen LogP contribution is 2.28. The van der Waals surface area contributed by atoms with E-state index < -0.39 is 41.0 Å². The van der Waals surface area contributed by atoms with Crippen LogP contribution in [0.1, 0.15) is 42.6 Å². The van der Waals surface area contributed by atoms with Crippen molar-refractivity contribution in [3.8, 4) is 0 Å². The Bertz CT molecular complexity index is 638. The van der Waals surface area contributed by atoms with Gasteiger partial charge in [0, 0.05) is 6.54 Å². The van der Waals surface area contributed by atoms with Gasteiger partial charge in [-0.15, -0.1) is 0 Å². The van der Waals surface area contributed by atoms with E-state index in [0.29, 0.717) is 19.0 Å². The van der Waals surface area contributed by atoms with E-state index in [0.717, 1.165) is 0 Å². The zero-order chi connectivity index (χ0) is 17.6. The molecule has 6 nitrogen and oxygen atoms in total. The normalized spacial score (nSPS) is 11.2. The summed E-state index contributed by atoms with van der Waals surface area (Å²) in [6.07, 6.45) is -5.00. The molecule has 0 bridgehead atoms. The maximum atomic E-state index is 12.8. The number of ketones is 1. The van der Waals surface area contributed by atoms with Gasteiger partial charge >= 0.3 is 12.1 Å². The third-order valence-corrected chi connectivity index (χ3v) is 2.81. The Morgan fingerprint density at radius 3 is 2.48 bits per heavy atom. The van der Waals surface area contributed by atoms with E-state index in [1.165, 1.54) is 0 Å². The summed E-state index contributed by atoms with van der Waals surface area (Å²) in [5.74, 6) is -1.86. The molecular weight excluding hydrogens is 317 g/mol. The number of alkyl halides is 3. The van der Waals surface area contributed by atoms with Crippen molar-refractivity contribution >= 4 is 17.6 Å². The number of Topliss-reactive ketones (excluding diaryl/α,β-unsaturated/α-hetero) is 1. The van der Waals surface area contributed by atoms with Gasteiger partial charge in [0.2, 0.25) is 0 Å².